The monoisotopic (exact) mass is 248 g/mol. The van der Waals surface area contributed by atoms with Gasteiger partial charge in [-0.25, -0.2) is 9.67 Å². The minimum atomic E-state index is 0.0258. The molecule has 4 nitrogen and oxygen atoms in total. The summed E-state index contributed by atoms with van der Waals surface area (Å²) >= 11 is 1.63. The molecule has 5 heteroatoms. The second-order valence-electron chi connectivity index (χ2n) is 3.94. The van der Waals surface area contributed by atoms with Gasteiger partial charge in [-0.15, -0.1) is 0 Å². The van der Waals surface area contributed by atoms with E-state index in [1.54, 1.807) is 22.8 Å². The lowest BCUT2D eigenvalue weighted by molar-refractivity contribution is 0.683. The fourth-order valence-electron chi connectivity index (χ4n) is 1.67. The molecule has 0 aliphatic carbocycles. The van der Waals surface area contributed by atoms with Crippen LogP contribution in [0.4, 0.5) is 0 Å². The molecule has 0 saturated heterocycles. The van der Waals surface area contributed by atoms with Crippen LogP contribution < -0.4 is 5.73 Å². The molecule has 0 aliphatic rings. The molecule has 1 unspecified atom stereocenters. The molecule has 17 heavy (non-hydrogen) atoms. The van der Waals surface area contributed by atoms with E-state index < -0.39 is 0 Å². The Labute approximate surface area is 105 Å². The van der Waals surface area contributed by atoms with Gasteiger partial charge >= 0.3 is 0 Å². The Balaban J connectivity index is 2.01. The highest BCUT2D eigenvalue weighted by Gasteiger charge is 2.10. The van der Waals surface area contributed by atoms with Crippen LogP contribution in [0.1, 0.15) is 17.2 Å². The molecule has 0 aliphatic heterocycles. The first-order valence-electron chi connectivity index (χ1n) is 5.46. The minimum Gasteiger partial charge on any atom is -0.323 e. The van der Waals surface area contributed by atoms with Crippen LogP contribution in [0.5, 0.6) is 0 Å². The summed E-state index contributed by atoms with van der Waals surface area (Å²) in [6, 6.07) is 8.24. The van der Waals surface area contributed by atoms with E-state index in [-0.39, 0.29) is 6.04 Å². The first kappa shape index (κ1) is 12.1. The van der Waals surface area contributed by atoms with Crippen LogP contribution in [0.25, 0.3) is 0 Å². The van der Waals surface area contributed by atoms with Crippen LogP contribution in [-0.2, 0) is 7.05 Å². The molecule has 0 radical (unpaired) electrons. The van der Waals surface area contributed by atoms with Crippen LogP contribution in [0.15, 0.2) is 35.7 Å². The second-order valence-corrected chi connectivity index (χ2v) is 4.93. The van der Waals surface area contributed by atoms with Crippen LogP contribution in [0.2, 0.25) is 0 Å². The molecular formula is C12H16N4S. The zero-order chi connectivity index (χ0) is 12.3. The third-order valence-corrected chi connectivity index (χ3v) is 3.80. The predicted octanol–water partition coefficient (Wildman–Crippen LogP) is 1.92. The highest BCUT2D eigenvalue weighted by molar-refractivity contribution is 7.99. The maximum atomic E-state index is 6.18. The normalized spacial score (nSPS) is 12.6. The van der Waals surface area contributed by atoms with E-state index in [4.69, 9.17) is 5.73 Å². The maximum Gasteiger partial charge on any atom is 0.185 e. The van der Waals surface area contributed by atoms with Gasteiger partial charge in [0.25, 0.3) is 0 Å². The van der Waals surface area contributed by atoms with Gasteiger partial charge in [0, 0.05) is 18.8 Å². The Morgan fingerprint density at radius 3 is 2.82 bits per heavy atom. The van der Waals surface area contributed by atoms with Crippen molar-refractivity contribution < 1.29 is 0 Å². The summed E-state index contributed by atoms with van der Waals surface area (Å²) in [6.45, 7) is 2.09. The molecule has 90 valence electrons. The number of aryl methyl sites for hydroxylation is 2. The quantitative estimate of drug-likeness (QED) is 0.840. The molecule has 1 heterocycles. The molecule has 0 bridgehead atoms. The van der Waals surface area contributed by atoms with Crippen LogP contribution in [0.3, 0.4) is 0 Å². The van der Waals surface area contributed by atoms with Gasteiger partial charge < -0.3 is 5.73 Å². The number of nitrogens with two attached hydrogens (primary N) is 1. The van der Waals surface area contributed by atoms with Gasteiger partial charge in [0.2, 0.25) is 0 Å². The second kappa shape index (κ2) is 5.33. The summed E-state index contributed by atoms with van der Waals surface area (Å²) in [5.41, 5.74) is 8.62. The zero-order valence-corrected chi connectivity index (χ0v) is 10.8. The molecule has 0 spiro atoms. The lowest BCUT2D eigenvalue weighted by Crippen LogP contribution is -2.14. The van der Waals surface area contributed by atoms with Gasteiger partial charge in [0.05, 0.1) is 0 Å². The van der Waals surface area contributed by atoms with Crippen molar-refractivity contribution in [1.82, 2.24) is 14.8 Å². The Morgan fingerprint density at radius 2 is 2.18 bits per heavy atom. The predicted molar refractivity (Wildman–Crippen MR) is 69.8 cm³/mol. The van der Waals surface area contributed by atoms with E-state index in [9.17, 15) is 0 Å². The molecule has 0 fully saturated rings. The fraction of sp³-hybridized carbons (Fsp3) is 0.333. The van der Waals surface area contributed by atoms with Crippen molar-refractivity contribution in [2.24, 2.45) is 12.8 Å². The zero-order valence-electron chi connectivity index (χ0n) is 10.00. The van der Waals surface area contributed by atoms with Crippen LogP contribution in [-0.4, -0.2) is 20.5 Å². The SMILES string of the molecule is Cc1ccccc1C(N)CSc1ncnn1C. The molecule has 1 aromatic carbocycles. The van der Waals surface area contributed by atoms with Crippen molar-refractivity contribution in [2.75, 3.05) is 5.75 Å². The van der Waals surface area contributed by atoms with Crippen LogP contribution in [0, 0.1) is 6.92 Å². The summed E-state index contributed by atoms with van der Waals surface area (Å²) in [4.78, 5) is 4.16. The molecule has 2 N–H and O–H groups in total. The Bertz CT molecular complexity index is 495. The van der Waals surface area contributed by atoms with Crippen molar-refractivity contribution in [1.29, 1.82) is 0 Å². The van der Waals surface area contributed by atoms with Crippen molar-refractivity contribution >= 4 is 11.8 Å². The van der Waals surface area contributed by atoms with E-state index in [0.29, 0.717) is 0 Å². The Morgan fingerprint density at radius 1 is 1.41 bits per heavy atom. The van der Waals surface area contributed by atoms with Crippen molar-refractivity contribution in [3.63, 3.8) is 0 Å². The average molecular weight is 248 g/mol. The first-order valence-corrected chi connectivity index (χ1v) is 6.45. The standard InChI is InChI=1S/C12H16N4S/c1-9-5-3-4-6-10(9)11(13)7-17-12-14-8-15-16(12)2/h3-6,8,11H,7,13H2,1-2H3. The summed E-state index contributed by atoms with van der Waals surface area (Å²) in [7, 11) is 1.88. The number of thioether (sulfide) groups is 1. The highest BCUT2D eigenvalue weighted by Crippen LogP contribution is 2.22. The van der Waals surface area contributed by atoms with E-state index >= 15 is 0 Å². The number of benzene rings is 1. The molecule has 2 aromatic rings. The summed E-state index contributed by atoms with van der Waals surface area (Å²) in [6.07, 6.45) is 1.56. The maximum absolute atomic E-state index is 6.18. The number of nitrogens with zero attached hydrogens (tertiary/aromatic N) is 3. The van der Waals surface area contributed by atoms with E-state index in [1.807, 2.05) is 19.2 Å². The molecule has 2 rings (SSSR count). The van der Waals surface area contributed by atoms with Gasteiger partial charge in [-0.05, 0) is 18.1 Å². The van der Waals surface area contributed by atoms with Crippen molar-refractivity contribution in [3.8, 4) is 0 Å². The molecule has 0 amide bonds. The third-order valence-electron chi connectivity index (χ3n) is 2.65. The van der Waals surface area contributed by atoms with Gasteiger partial charge in [0.1, 0.15) is 6.33 Å². The number of aromatic nitrogens is 3. The number of hydrogen-bond acceptors (Lipinski definition) is 4. The molecule has 1 atom stereocenters. The number of rotatable bonds is 4. The summed E-state index contributed by atoms with van der Waals surface area (Å²) < 4.78 is 1.76. The van der Waals surface area contributed by atoms with Crippen molar-refractivity contribution in [2.45, 2.75) is 18.1 Å². The lowest BCUT2D eigenvalue weighted by Gasteiger charge is -2.13. The third kappa shape index (κ3) is 2.87. The highest BCUT2D eigenvalue weighted by atomic mass is 32.2. The fourth-order valence-corrected chi connectivity index (χ4v) is 2.54. The van der Waals surface area contributed by atoms with E-state index in [1.165, 1.54) is 11.1 Å². The van der Waals surface area contributed by atoms with Gasteiger partial charge in [-0.3, -0.25) is 0 Å². The molecule has 1 aromatic heterocycles. The molecule has 0 saturated carbocycles. The lowest BCUT2D eigenvalue weighted by atomic mass is 10.0. The van der Waals surface area contributed by atoms with Crippen molar-refractivity contribution in [3.05, 3.63) is 41.7 Å². The topological polar surface area (TPSA) is 56.7 Å². The van der Waals surface area contributed by atoms with E-state index in [2.05, 4.69) is 29.1 Å². The minimum absolute atomic E-state index is 0.0258. The van der Waals surface area contributed by atoms with Gasteiger partial charge in [0.15, 0.2) is 5.16 Å². The van der Waals surface area contributed by atoms with Crippen LogP contribution >= 0.6 is 11.8 Å². The van der Waals surface area contributed by atoms with E-state index in [0.717, 1.165) is 10.9 Å². The smallest absolute Gasteiger partial charge is 0.185 e. The molecular weight excluding hydrogens is 232 g/mol. The summed E-state index contributed by atoms with van der Waals surface area (Å²) in [5.74, 6) is 0.803. The first-order chi connectivity index (χ1) is 8.18. The largest absolute Gasteiger partial charge is 0.323 e. The van der Waals surface area contributed by atoms with Gasteiger partial charge in [-0.1, -0.05) is 36.0 Å². The summed E-state index contributed by atoms with van der Waals surface area (Å²) in [5, 5.41) is 4.93. The number of hydrogen-bond donors (Lipinski definition) is 1. The van der Waals surface area contributed by atoms with Gasteiger partial charge in [-0.2, -0.15) is 5.10 Å². The average Bonchev–Trinajstić information content (AvgIpc) is 2.72. The Kier molecular flexibility index (Phi) is 3.81. The Hall–Kier alpha value is -1.33.